The van der Waals surface area contributed by atoms with Gasteiger partial charge in [0.15, 0.2) is 11.5 Å². The van der Waals surface area contributed by atoms with Crippen LogP contribution in [0.4, 0.5) is 0 Å². The van der Waals surface area contributed by atoms with Crippen LogP contribution in [0.5, 0.6) is 0 Å². The second kappa shape index (κ2) is 5.77. The molecule has 0 radical (unpaired) electrons. The minimum Gasteiger partial charge on any atom is -0.453 e. The third-order valence-corrected chi connectivity index (χ3v) is 3.74. The third-order valence-electron chi connectivity index (χ3n) is 3.74. The lowest BCUT2D eigenvalue weighted by Gasteiger charge is -2.22. The van der Waals surface area contributed by atoms with Crippen LogP contribution in [0.2, 0.25) is 0 Å². The zero-order valence-corrected chi connectivity index (χ0v) is 11.6. The monoisotopic (exact) mass is 273 g/mol. The molecule has 1 fully saturated rings. The van der Waals surface area contributed by atoms with Gasteiger partial charge in [0.05, 0.1) is 13.2 Å². The Kier molecular flexibility index (Phi) is 3.85. The molecule has 1 unspecified atom stereocenters. The van der Waals surface area contributed by atoms with Crippen molar-refractivity contribution in [3.05, 3.63) is 35.6 Å². The van der Waals surface area contributed by atoms with Crippen LogP contribution < -0.4 is 5.32 Å². The molecule has 1 saturated heterocycles. The third kappa shape index (κ3) is 2.49. The zero-order valence-electron chi connectivity index (χ0n) is 11.6. The number of benzene rings is 1. The van der Waals surface area contributed by atoms with E-state index in [1.807, 2.05) is 24.3 Å². The van der Waals surface area contributed by atoms with E-state index in [1.165, 1.54) is 0 Å². The first-order valence-corrected chi connectivity index (χ1v) is 7.14. The molecule has 4 heteroatoms. The SMILES string of the molecule is CCc1c(C(=O)CC2COCCN2)oc2ccccc12. The first-order chi connectivity index (χ1) is 9.79. The molecule has 4 nitrogen and oxygen atoms in total. The number of hydrogen-bond acceptors (Lipinski definition) is 4. The molecule has 3 rings (SSSR count). The normalized spacial score (nSPS) is 19.4. The summed E-state index contributed by atoms with van der Waals surface area (Å²) in [6.07, 6.45) is 1.22. The largest absolute Gasteiger partial charge is 0.453 e. The molecule has 1 aliphatic rings. The Hall–Kier alpha value is -1.65. The average Bonchev–Trinajstić information content (AvgIpc) is 2.87. The predicted octanol–water partition coefficient (Wildman–Crippen LogP) is 2.56. The molecule has 0 spiro atoms. The molecule has 1 aromatic carbocycles. The number of morpholine rings is 1. The lowest BCUT2D eigenvalue weighted by Crippen LogP contribution is -2.42. The van der Waals surface area contributed by atoms with Gasteiger partial charge in [-0.05, 0) is 12.5 Å². The summed E-state index contributed by atoms with van der Waals surface area (Å²) in [7, 11) is 0. The summed E-state index contributed by atoms with van der Waals surface area (Å²) in [6.45, 7) is 4.16. The fourth-order valence-corrected chi connectivity index (χ4v) is 2.74. The van der Waals surface area contributed by atoms with E-state index in [0.717, 1.165) is 36.1 Å². The second-order valence-electron chi connectivity index (χ2n) is 5.11. The smallest absolute Gasteiger partial charge is 0.199 e. The van der Waals surface area contributed by atoms with Gasteiger partial charge in [-0.15, -0.1) is 0 Å². The topological polar surface area (TPSA) is 51.5 Å². The van der Waals surface area contributed by atoms with Crippen molar-refractivity contribution in [1.82, 2.24) is 5.32 Å². The molecule has 0 saturated carbocycles. The van der Waals surface area contributed by atoms with E-state index in [9.17, 15) is 4.79 Å². The van der Waals surface area contributed by atoms with Gasteiger partial charge in [-0.1, -0.05) is 25.1 Å². The molecule has 1 aromatic heterocycles. The van der Waals surface area contributed by atoms with Gasteiger partial charge in [0, 0.05) is 30.0 Å². The van der Waals surface area contributed by atoms with E-state index >= 15 is 0 Å². The van der Waals surface area contributed by atoms with Crippen molar-refractivity contribution >= 4 is 16.8 Å². The summed E-state index contributed by atoms with van der Waals surface area (Å²) >= 11 is 0. The number of fused-ring (bicyclic) bond motifs is 1. The standard InChI is InChI=1S/C16H19NO3/c1-2-12-13-5-3-4-6-15(13)20-16(12)14(18)9-11-10-19-8-7-17-11/h3-6,11,17H,2,7-10H2,1H3. The molecule has 1 N–H and O–H groups in total. The summed E-state index contributed by atoms with van der Waals surface area (Å²) in [5.74, 6) is 0.571. The van der Waals surface area contributed by atoms with E-state index < -0.39 is 0 Å². The lowest BCUT2D eigenvalue weighted by atomic mass is 10.0. The highest BCUT2D eigenvalue weighted by atomic mass is 16.5. The number of Topliss-reactive ketones (excluding diaryl/α,β-unsaturated/α-hetero) is 1. The van der Waals surface area contributed by atoms with E-state index in [2.05, 4.69) is 12.2 Å². The van der Waals surface area contributed by atoms with Crippen LogP contribution in [0.15, 0.2) is 28.7 Å². The van der Waals surface area contributed by atoms with Crippen molar-refractivity contribution in [2.75, 3.05) is 19.8 Å². The summed E-state index contributed by atoms with van der Waals surface area (Å²) in [4.78, 5) is 12.5. The number of carbonyl (C=O) groups excluding carboxylic acids is 1. The van der Waals surface area contributed by atoms with Gasteiger partial charge in [0.25, 0.3) is 0 Å². The quantitative estimate of drug-likeness (QED) is 0.870. The maximum absolute atomic E-state index is 12.5. The molecular weight excluding hydrogens is 254 g/mol. The summed E-state index contributed by atoms with van der Waals surface area (Å²) in [5.41, 5.74) is 1.81. The number of ketones is 1. The lowest BCUT2D eigenvalue weighted by molar-refractivity contribution is 0.0666. The first kappa shape index (κ1) is 13.3. The van der Waals surface area contributed by atoms with Gasteiger partial charge in [-0.2, -0.15) is 0 Å². The van der Waals surface area contributed by atoms with E-state index in [-0.39, 0.29) is 11.8 Å². The molecule has 0 amide bonds. The molecule has 0 bridgehead atoms. The van der Waals surface area contributed by atoms with Crippen molar-refractivity contribution in [3.63, 3.8) is 0 Å². The van der Waals surface area contributed by atoms with E-state index in [4.69, 9.17) is 9.15 Å². The van der Waals surface area contributed by atoms with Crippen molar-refractivity contribution < 1.29 is 13.9 Å². The zero-order chi connectivity index (χ0) is 13.9. The van der Waals surface area contributed by atoms with Gasteiger partial charge < -0.3 is 14.5 Å². The van der Waals surface area contributed by atoms with Crippen LogP contribution in [-0.4, -0.2) is 31.6 Å². The first-order valence-electron chi connectivity index (χ1n) is 7.14. The summed E-state index contributed by atoms with van der Waals surface area (Å²) < 4.78 is 11.2. The number of ether oxygens (including phenoxy) is 1. The van der Waals surface area contributed by atoms with Crippen molar-refractivity contribution in [2.24, 2.45) is 0 Å². The Labute approximate surface area is 118 Å². The molecule has 2 heterocycles. The van der Waals surface area contributed by atoms with Gasteiger partial charge in [0.1, 0.15) is 5.58 Å². The van der Waals surface area contributed by atoms with Crippen LogP contribution in [0.25, 0.3) is 11.0 Å². The highest BCUT2D eigenvalue weighted by molar-refractivity contribution is 6.00. The van der Waals surface area contributed by atoms with Gasteiger partial charge in [-0.3, -0.25) is 4.79 Å². The van der Waals surface area contributed by atoms with Crippen LogP contribution in [0, 0.1) is 0 Å². The Morgan fingerprint density at radius 1 is 1.40 bits per heavy atom. The molecule has 106 valence electrons. The van der Waals surface area contributed by atoms with Gasteiger partial charge >= 0.3 is 0 Å². The molecule has 1 aliphatic heterocycles. The fraction of sp³-hybridized carbons (Fsp3) is 0.438. The number of para-hydroxylation sites is 1. The van der Waals surface area contributed by atoms with E-state index in [0.29, 0.717) is 18.8 Å². The average molecular weight is 273 g/mol. The minimum absolute atomic E-state index is 0.0565. The number of nitrogens with one attached hydrogen (secondary N) is 1. The molecular formula is C16H19NO3. The number of rotatable bonds is 4. The molecule has 1 atom stereocenters. The number of carbonyl (C=O) groups is 1. The van der Waals surface area contributed by atoms with Crippen molar-refractivity contribution in [3.8, 4) is 0 Å². The fourth-order valence-electron chi connectivity index (χ4n) is 2.74. The van der Waals surface area contributed by atoms with Crippen LogP contribution in [0.1, 0.15) is 29.5 Å². The Morgan fingerprint density at radius 2 is 2.25 bits per heavy atom. The van der Waals surface area contributed by atoms with Crippen LogP contribution >= 0.6 is 0 Å². The van der Waals surface area contributed by atoms with Crippen molar-refractivity contribution in [2.45, 2.75) is 25.8 Å². The van der Waals surface area contributed by atoms with Crippen LogP contribution in [-0.2, 0) is 11.2 Å². The maximum Gasteiger partial charge on any atom is 0.199 e. The van der Waals surface area contributed by atoms with Crippen LogP contribution in [0.3, 0.4) is 0 Å². The Morgan fingerprint density at radius 3 is 3.00 bits per heavy atom. The predicted molar refractivity (Wildman–Crippen MR) is 77.1 cm³/mol. The Bertz CT molecular complexity index is 611. The van der Waals surface area contributed by atoms with E-state index in [1.54, 1.807) is 0 Å². The highest BCUT2D eigenvalue weighted by Gasteiger charge is 2.23. The Balaban J connectivity index is 1.86. The summed E-state index contributed by atoms with van der Waals surface area (Å²) in [6, 6.07) is 7.91. The van der Waals surface area contributed by atoms with Crippen molar-refractivity contribution in [1.29, 1.82) is 0 Å². The molecule has 0 aliphatic carbocycles. The van der Waals surface area contributed by atoms with Gasteiger partial charge in [-0.25, -0.2) is 0 Å². The molecule has 2 aromatic rings. The summed E-state index contributed by atoms with van der Waals surface area (Å²) in [5, 5.41) is 4.35. The highest BCUT2D eigenvalue weighted by Crippen LogP contribution is 2.27. The van der Waals surface area contributed by atoms with Gasteiger partial charge in [0.2, 0.25) is 0 Å². The maximum atomic E-state index is 12.5. The number of hydrogen-bond donors (Lipinski definition) is 1. The molecule has 20 heavy (non-hydrogen) atoms. The second-order valence-corrected chi connectivity index (χ2v) is 5.11. The number of furan rings is 1. The minimum atomic E-state index is 0.0565. The number of aryl methyl sites for hydroxylation is 1.